The molecular formula is C14H21NO. The molecule has 1 aliphatic rings. The third kappa shape index (κ3) is 2.76. The summed E-state index contributed by atoms with van der Waals surface area (Å²) >= 11 is 0. The second-order valence-electron chi connectivity index (χ2n) is 4.66. The summed E-state index contributed by atoms with van der Waals surface area (Å²) < 4.78 is 0. The smallest absolute Gasteiger partial charge is 0.0741 e. The normalized spacial score (nSPS) is 25.4. The highest BCUT2D eigenvalue weighted by molar-refractivity contribution is 5.46. The van der Waals surface area contributed by atoms with Crippen LogP contribution in [0, 0.1) is 0 Å². The van der Waals surface area contributed by atoms with Gasteiger partial charge in [-0.3, -0.25) is 0 Å². The fourth-order valence-electron chi connectivity index (χ4n) is 2.37. The first-order valence-corrected chi connectivity index (χ1v) is 6.33. The first-order valence-electron chi connectivity index (χ1n) is 6.33. The molecule has 1 aromatic rings. The Balaban J connectivity index is 2.01. The summed E-state index contributed by atoms with van der Waals surface area (Å²) in [7, 11) is 0. The predicted molar refractivity (Wildman–Crippen MR) is 67.7 cm³/mol. The molecule has 0 aliphatic heterocycles. The van der Waals surface area contributed by atoms with Gasteiger partial charge >= 0.3 is 0 Å². The van der Waals surface area contributed by atoms with E-state index in [9.17, 15) is 5.11 Å². The SMILES string of the molecule is CCc1cccc(N[C@H]2CCCC[C@@H]2O)c1. The van der Waals surface area contributed by atoms with Crippen LogP contribution in [-0.2, 0) is 6.42 Å². The highest BCUT2D eigenvalue weighted by atomic mass is 16.3. The third-order valence-electron chi connectivity index (χ3n) is 3.42. The number of hydrogen-bond acceptors (Lipinski definition) is 2. The standard InChI is InChI=1S/C14H21NO/c1-2-11-6-5-7-12(10-11)15-13-8-3-4-9-14(13)16/h5-7,10,13-16H,2-4,8-9H2,1H3/t13-,14-/m0/s1. The molecule has 0 amide bonds. The van der Waals surface area contributed by atoms with E-state index in [2.05, 4.69) is 36.5 Å². The first-order chi connectivity index (χ1) is 7.79. The molecule has 2 nitrogen and oxygen atoms in total. The summed E-state index contributed by atoms with van der Waals surface area (Å²) in [6.45, 7) is 2.16. The topological polar surface area (TPSA) is 32.3 Å². The van der Waals surface area contributed by atoms with E-state index >= 15 is 0 Å². The van der Waals surface area contributed by atoms with Gasteiger partial charge in [0.15, 0.2) is 0 Å². The number of rotatable bonds is 3. The monoisotopic (exact) mass is 219 g/mol. The van der Waals surface area contributed by atoms with Crippen molar-refractivity contribution in [2.24, 2.45) is 0 Å². The van der Waals surface area contributed by atoms with Crippen molar-refractivity contribution in [3.63, 3.8) is 0 Å². The van der Waals surface area contributed by atoms with Crippen molar-refractivity contribution >= 4 is 5.69 Å². The summed E-state index contributed by atoms with van der Waals surface area (Å²) in [5, 5.41) is 13.3. The summed E-state index contributed by atoms with van der Waals surface area (Å²) in [5.74, 6) is 0. The van der Waals surface area contributed by atoms with Gasteiger partial charge in [-0.1, -0.05) is 31.9 Å². The average molecular weight is 219 g/mol. The third-order valence-corrected chi connectivity index (χ3v) is 3.42. The van der Waals surface area contributed by atoms with Gasteiger partial charge in [0.2, 0.25) is 0 Å². The van der Waals surface area contributed by atoms with Crippen LogP contribution in [0.25, 0.3) is 0 Å². The van der Waals surface area contributed by atoms with Gasteiger partial charge < -0.3 is 10.4 Å². The Kier molecular flexibility index (Phi) is 3.83. The van der Waals surface area contributed by atoms with Gasteiger partial charge in [0.25, 0.3) is 0 Å². The second kappa shape index (κ2) is 5.35. The van der Waals surface area contributed by atoms with Gasteiger partial charge in [0.05, 0.1) is 12.1 Å². The Hall–Kier alpha value is -1.02. The molecule has 16 heavy (non-hydrogen) atoms. The molecule has 0 unspecified atom stereocenters. The van der Waals surface area contributed by atoms with E-state index in [-0.39, 0.29) is 12.1 Å². The van der Waals surface area contributed by atoms with Gasteiger partial charge in [0, 0.05) is 5.69 Å². The average Bonchev–Trinajstić information content (AvgIpc) is 2.32. The highest BCUT2D eigenvalue weighted by Gasteiger charge is 2.22. The van der Waals surface area contributed by atoms with Gasteiger partial charge in [0.1, 0.15) is 0 Å². The molecule has 0 heterocycles. The fourth-order valence-corrected chi connectivity index (χ4v) is 2.37. The van der Waals surface area contributed by atoms with E-state index < -0.39 is 0 Å². The Labute approximate surface area is 97.7 Å². The molecule has 1 saturated carbocycles. The first kappa shape index (κ1) is 11.5. The van der Waals surface area contributed by atoms with Crippen LogP contribution >= 0.6 is 0 Å². The van der Waals surface area contributed by atoms with E-state index in [0.717, 1.165) is 31.4 Å². The predicted octanol–water partition coefficient (Wildman–Crippen LogP) is 2.96. The lowest BCUT2D eigenvalue weighted by atomic mass is 9.92. The Morgan fingerprint density at radius 1 is 1.31 bits per heavy atom. The number of nitrogens with one attached hydrogen (secondary N) is 1. The molecule has 2 N–H and O–H groups in total. The highest BCUT2D eigenvalue weighted by Crippen LogP contribution is 2.22. The minimum Gasteiger partial charge on any atom is -0.391 e. The van der Waals surface area contributed by atoms with Gasteiger partial charge in [-0.15, -0.1) is 0 Å². The zero-order valence-corrected chi connectivity index (χ0v) is 9.95. The maximum atomic E-state index is 9.89. The van der Waals surface area contributed by atoms with Crippen molar-refractivity contribution in [2.45, 2.75) is 51.2 Å². The van der Waals surface area contributed by atoms with Crippen molar-refractivity contribution in [1.29, 1.82) is 0 Å². The minimum absolute atomic E-state index is 0.181. The lowest BCUT2D eigenvalue weighted by molar-refractivity contribution is 0.116. The Morgan fingerprint density at radius 3 is 2.88 bits per heavy atom. The van der Waals surface area contributed by atoms with Crippen molar-refractivity contribution < 1.29 is 5.11 Å². The van der Waals surface area contributed by atoms with Gasteiger partial charge in [-0.2, -0.15) is 0 Å². The van der Waals surface area contributed by atoms with Gasteiger partial charge in [-0.05, 0) is 37.0 Å². The lowest BCUT2D eigenvalue weighted by Gasteiger charge is -2.29. The van der Waals surface area contributed by atoms with E-state index in [1.807, 2.05) is 0 Å². The molecule has 0 radical (unpaired) electrons. The number of aliphatic hydroxyl groups is 1. The van der Waals surface area contributed by atoms with Crippen LogP contribution in [-0.4, -0.2) is 17.3 Å². The number of hydrogen-bond donors (Lipinski definition) is 2. The molecule has 2 rings (SSSR count). The zero-order valence-electron chi connectivity index (χ0n) is 9.95. The molecule has 1 aliphatic carbocycles. The number of anilines is 1. The van der Waals surface area contributed by atoms with Crippen LogP contribution in [0.4, 0.5) is 5.69 Å². The van der Waals surface area contributed by atoms with Crippen LogP contribution in [0.15, 0.2) is 24.3 Å². The molecule has 0 saturated heterocycles. The molecule has 1 fully saturated rings. The lowest BCUT2D eigenvalue weighted by Crippen LogP contribution is -2.36. The largest absolute Gasteiger partial charge is 0.391 e. The number of aryl methyl sites for hydroxylation is 1. The van der Waals surface area contributed by atoms with Crippen molar-refractivity contribution in [1.82, 2.24) is 0 Å². The summed E-state index contributed by atoms with van der Waals surface area (Å²) in [5.41, 5.74) is 2.49. The van der Waals surface area contributed by atoms with E-state index in [4.69, 9.17) is 0 Å². The molecule has 0 spiro atoms. The fraction of sp³-hybridized carbons (Fsp3) is 0.571. The van der Waals surface area contributed by atoms with Crippen LogP contribution < -0.4 is 5.32 Å². The Morgan fingerprint density at radius 2 is 2.12 bits per heavy atom. The molecule has 88 valence electrons. The summed E-state index contributed by atoms with van der Waals surface area (Å²) in [6, 6.07) is 8.72. The molecular weight excluding hydrogens is 198 g/mol. The van der Waals surface area contributed by atoms with E-state index in [1.54, 1.807) is 0 Å². The maximum absolute atomic E-state index is 9.89. The summed E-state index contributed by atoms with van der Waals surface area (Å²) in [4.78, 5) is 0. The van der Waals surface area contributed by atoms with Crippen LogP contribution in [0.5, 0.6) is 0 Å². The minimum atomic E-state index is -0.181. The Bertz CT molecular complexity index is 337. The van der Waals surface area contributed by atoms with Crippen LogP contribution in [0.2, 0.25) is 0 Å². The van der Waals surface area contributed by atoms with Crippen molar-refractivity contribution in [3.05, 3.63) is 29.8 Å². The van der Waals surface area contributed by atoms with E-state index in [1.165, 1.54) is 12.0 Å². The van der Waals surface area contributed by atoms with Crippen molar-refractivity contribution in [2.75, 3.05) is 5.32 Å². The van der Waals surface area contributed by atoms with Crippen LogP contribution in [0.1, 0.15) is 38.2 Å². The molecule has 2 atom stereocenters. The number of aliphatic hydroxyl groups excluding tert-OH is 1. The molecule has 2 heteroatoms. The zero-order chi connectivity index (χ0) is 11.4. The van der Waals surface area contributed by atoms with Crippen molar-refractivity contribution in [3.8, 4) is 0 Å². The number of benzene rings is 1. The molecule has 0 aromatic heterocycles. The van der Waals surface area contributed by atoms with Crippen LogP contribution in [0.3, 0.4) is 0 Å². The molecule has 0 bridgehead atoms. The second-order valence-corrected chi connectivity index (χ2v) is 4.66. The summed E-state index contributed by atoms with van der Waals surface area (Å²) in [6.07, 6.45) is 5.28. The van der Waals surface area contributed by atoms with Gasteiger partial charge in [-0.25, -0.2) is 0 Å². The maximum Gasteiger partial charge on any atom is 0.0741 e. The molecule has 1 aromatic carbocycles. The van der Waals surface area contributed by atoms with E-state index in [0.29, 0.717) is 0 Å². The quantitative estimate of drug-likeness (QED) is 0.819.